The Kier molecular flexibility index (Phi) is 8.71. The van der Waals surface area contributed by atoms with Crippen LogP contribution in [0, 0.1) is 11.3 Å². The number of ether oxygens (including phenoxy) is 2. The Morgan fingerprint density at radius 3 is 2.16 bits per heavy atom. The summed E-state index contributed by atoms with van der Waals surface area (Å²) in [5, 5.41) is 0. The fourth-order valence-electron chi connectivity index (χ4n) is 4.44. The molecule has 168 valence electrons. The summed E-state index contributed by atoms with van der Waals surface area (Å²) < 4.78 is 12.4. The van der Waals surface area contributed by atoms with Gasteiger partial charge in [0.25, 0.3) is 0 Å². The van der Waals surface area contributed by atoms with E-state index in [0.717, 1.165) is 43.2 Å². The van der Waals surface area contributed by atoms with E-state index in [1.54, 1.807) is 0 Å². The van der Waals surface area contributed by atoms with Crippen LogP contribution in [-0.4, -0.2) is 12.1 Å². The quantitative estimate of drug-likeness (QED) is 0.399. The zero-order valence-corrected chi connectivity index (χ0v) is 19.4. The summed E-state index contributed by atoms with van der Waals surface area (Å²) in [6.07, 6.45) is 6.95. The Bertz CT molecular complexity index is 773. The van der Waals surface area contributed by atoms with Crippen LogP contribution in [0.25, 0.3) is 0 Å². The molecule has 0 amide bonds. The normalized spacial score (nSPS) is 17.1. The van der Waals surface area contributed by atoms with E-state index in [2.05, 4.69) is 45.0 Å². The third-order valence-corrected chi connectivity index (χ3v) is 5.99. The van der Waals surface area contributed by atoms with Gasteiger partial charge in [-0.15, -0.1) is 0 Å². The summed E-state index contributed by atoms with van der Waals surface area (Å²) in [6.45, 7) is 7.10. The third kappa shape index (κ3) is 8.14. The molecule has 0 heterocycles. The SMILES string of the molecule is CC(C)(C)C[C@@H](C[C@@H](OCc1ccccc1)c1ccccc1)C(=O)OC1CCCCC1. The van der Waals surface area contributed by atoms with Crippen LogP contribution in [0.1, 0.15) is 82.9 Å². The first-order valence-corrected chi connectivity index (χ1v) is 11.8. The summed E-state index contributed by atoms with van der Waals surface area (Å²) in [4.78, 5) is 13.3. The van der Waals surface area contributed by atoms with Gasteiger partial charge < -0.3 is 9.47 Å². The molecule has 3 nitrogen and oxygen atoms in total. The number of hydrogen-bond donors (Lipinski definition) is 0. The van der Waals surface area contributed by atoms with Gasteiger partial charge in [-0.2, -0.15) is 0 Å². The molecule has 0 aliphatic heterocycles. The summed E-state index contributed by atoms with van der Waals surface area (Å²) >= 11 is 0. The van der Waals surface area contributed by atoms with E-state index in [1.807, 2.05) is 36.4 Å². The molecule has 2 aromatic rings. The fourth-order valence-corrected chi connectivity index (χ4v) is 4.44. The van der Waals surface area contributed by atoms with Crippen molar-refractivity contribution in [3.63, 3.8) is 0 Å². The Balaban J connectivity index is 1.74. The Morgan fingerprint density at radius 1 is 0.935 bits per heavy atom. The van der Waals surface area contributed by atoms with Crippen molar-refractivity contribution in [1.29, 1.82) is 0 Å². The van der Waals surface area contributed by atoms with Gasteiger partial charge in [-0.3, -0.25) is 4.79 Å². The highest BCUT2D eigenvalue weighted by Gasteiger charge is 2.31. The molecule has 0 radical (unpaired) electrons. The van der Waals surface area contributed by atoms with Gasteiger partial charge in [-0.05, 0) is 55.1 Å². The molecule has 3 heteroatoms. The Labute approximate surface area is 188 Å². The first-order chi connectivity index (χ1) is 14.9. The maximum absolute atomic E-state index is 13.3. The molecule has 1 saturated carbocycles. The number of hydrogen-bond acceptors (Lipinski definition) is 3. The zero-order chi connectivity index (χ0) is 22.1. The van der Waals surface area contributed by atoms with E-state index in [9.17, 15) is 4.79 Å². The summed E-state index contributed by atoms with van der Waals surface area (Å²) in [6, 6.07) is 20.5. The lowest BCUT2D eigenvalue weighted by atomic mass is 9.81. The minimum atomic E-state index is -0.178. The van der Waals surface area contributed by atoms with Crippen molar-refractivity contribution in [3.05, 3.63) is 71.8 Å². The van der Waals surface area contributed by atoms with Crippen molar-refractivity contribution in [2.45, 2.75) is 84.5 Å². The first kappa shape index (κ1) is 23.5. The van der Waals surface area contributed by atoms with Crippen LogP contribution in [0.3, 0.4) is 0 Å². The van der Waals surface area contributed by atoms with Crippen molar-refractivity contribution in [3.8, 4) is 0 Å². The van der Waals surface area contributed by atoms with Crippen molar-refractivity contribution < 1.29 is 14.3 Å². The smallest absolute Gasteiger partial charge is 0.309 e. The second-order valence-electron chi connectivity index (χ2n) is 10.1. The maximum Gasteiger partial charge on any atom is 0.309 e. The predicted octanol–water partition coefficient (Wildman–Crippen LogP) is 7.26. The van der Waals surface area contributed by atoms with E-state index in [0.29, 0.717) is 13.0 Å². The Hall–Kier alpha value is -2.13. The van der Waals surface area contributed by atoms with Gasteiger partial charge in [0.15, 0.2) is 0 Å². The maximum atomic E-state index is 13.3. The molecule has 2 aromatic carbocycles. The molecule has 1 fully saturated rings. The molecule has 0 N–H and O–H groups in total. The molecule has 1 aliphatic rings. The number of carbonyl (C=O) groups excluding carboxylic acids is 1. The molecule has 1 aliphatic carbocycles. The highest BCUT2D eigenvalue weighted by atomic mass is 16.5. The van der Waals surface area contributed by atoms with E-state index >= 15 is 0 Å². The molecule has 0 spiro atoms. The zero-order valence-electron chi connectivity index (χ0n) is 19.4. The molecule has 31 heavy (non-hydrogen) atoms. The lowest BCUT2D eigenvalue weighted by molar-refractivity contribution is -0.158. The molecule has 0 aromatic heterocycles. The van der Waals surface area contributed by atoms with E-state index in [-0.39, 0.29) is 29.5 Å². The molecule has 0 saturated heterocycles. The summed E-state index contributed by atoms with van der Waals surface area (Å²) in [5.74, 6) is -0.228. The summed E-state index contributed by atoms with van der Waals surface area (Å²) in [5.41, 5.74) is 2.29. The van der Waals surface area contributed by atoms with Gasteiger partial charge in [0.05, 0.1) is 18.6 Å². The van der Waals surface area contributed by atoms with E-state index in [1.165, 1.54) is 6.42 Å². The largest absolute Gasteiger partial charge is 0.462 e. The van der Waals surface area contributed by atoms with Crippen LogP contribution in [0.2, 0.25) is 0 Å². The molecule has 2 atom stereocenters. The van der Waals surface area contributed by atoms with Crippen LogP contribution in [0.4, 0.5) is 0 Å². The van der Waals surface area contributed by atoms with Crippen LogP contribution >= 0.6 is 0 Å². The first-order valence-electron chi connectivity index (χ1n) is 11.8. The predicted molar refractivity (Wildman–Crippen MR) is 126 cm³/mol. The van der Waals surface area contributed by atoms with Crippen LogP contribution in [0.5, 0.6) is 0 Å². The molecule has 3 rings (SSSR count). The second kappa shape index (κ2) is 11.5. The van der Waals surface area contributed by atoms with Crippen LogP contribution < -0.4 is 0 Å². The van der Waals surface area contributed by atoms with Gasteiger partial charge in [0, 0.05) is 0 Å². The van der Waals surface area contributed by atoms with Crippen LogP contribution in [0.15, 0.2) is 60.7 Å². The topological polar surface area (TPSA) is 35.5 Å². The van der Waals surface area contributed by atoms with Crippen molar-refractivity contribution in [2.75, 3.05) is 0 Å². The van der Waals surface area contributed by atoms with Gasteiger partial charge in [-0.25, -0.2) is 0 Å². The van der Waals surface area contributed by atoms with Gasteiger partial charge in [0.1, 0.15) is 6.10 Å². The third-order valence-electron chi connectivity index (χ3n) is 5.99. The van der Waals surface area contributed by atoms with Crippen LogP contribution in [-0.2, 0) is 20.9 Å². The van der Waals surface area contributed by atoms with Crippen molar-refractivity contribution in [1.82, 2.24) is 0 Å². The average molecular weight is 423 g/mol. The minimum Gasteiger partial charge on any atom is -0.462 e. The Morgan fingerprint density at radius 2 is 1.55 bits per heavy atom. The molecule has 0 unspecified atom stereocenters. The molecular weight excluding hydrogens is 384 g/mol. The van der Waals surface area contributed by atoms with Crippen molar-refractivity contribution >= 4 is 5.97 Å². The standard InChI is InChI=1S/C28H38O3/c1-28(2,3)20-24(27(29)31-25-17-11-6-12-18-25)19-26(23-15-9-5-10-16-23)30-21-22-13-7-4-8-14-22/h4-5,7-10,13-16,24-26H,6,11-12,17-21H2,1-3H3/t24-,26-/m1/s1. The van der Waals surface area contributed by atoms with Gasteiger partial charge >= 0.3 is 5.97 Å². The highest BCUT2D eigenvalue weighted by Crippen LogP contribution is 2.35. The van der Waals surface area contributed by atoms with Gasteiger partial charge in [-0.1, -0.05) is 87.9 Å². The number of esters is 1. The minimum absolute atomic E-state index is 0.0386. The molecular formula is C28H38O3. The number of carbonyl (C=O) groups is 1. The number of rotatable bonds is 9. The second-order valence-corrected chi connectivity index (χ2v) is 10.1. The van der Waals surface area contributed by atoms with E-state index in [4.69, 9.17) is 9.47 Å². The van der Waals surface area contributed by atoms with Crippen molar-refractivity contribution in [2.24, 2.45) is 11.3 Å². The lowest BCUT2D eigenvalue weighted by Crippen LogP contribution is -2.30. The monoisotopic (exact) mass is 422 g/mol. The molecule has 0 bridgehead atoms. The number of benzene rings is 2. The lowest BCUT2D eigenvalue weighted by Gasteiger charge is -2.30. The fraction of sp³-hybridized carbons (Fsp3) is 0.536. The van der Waals surface area contributed by atoms with E-state index < -0.39 is 0 Å². The van der Waals surface area contributed by atoms with Gasteiger partial charge in [0.2, 0.25) is 0 Å². The average Bonchev–Trinajstić information content (AvgIpc) is 2.77. The summed E-state index contributed by atoms with van der Waals surface area (Å²) in [7, 11) is 0. The highest BCUT2D eigenvalue weighted by molar-refractivity contribution is 5.72.